The summed E-state index contributed by atoms with van der Waals surface area (Å²) in [4.78, 5) is 16.9. The summed E-state index contributed by atoms with van der Waals surface area (Å²) in [7, 11) is 0. The van der Waals surface area contributed by atoms with Gasteiger partial charge in [-0.2, -0.15) is 0 Å². The summed E-state index contributed by atoms with van der Waals surface area (Å²) >= 11 is 1.72. The predicted molar refractivity (Wildman–Crippen MR) is 107 cm³/mol. The summed E-state index contributed by atoms with van der Waals surface area (Å²) in [5.41, 5.74) is 0.520. The van der Waals surface area contributed by atoms with Gasteiger partial charge in [-0.15, -0.1) is 36.2 Å². The predicted octanol–water partition coefficient (Wildman–Crippen LogP) is 3.92. The van der Waals surface area contributed by atoms with Crippen LogP contribution in [0, 0.1) is 0 Å². The molecule has 7 heteroatoms. The molecular weight excluding hydrogens is 377 g/mol. The van der Waals surface area contributed by atoms with E-state index in [9.17, 15) is 4.79 Å². The van der Waals surface area contributed by atoms with Crippen LogP contribution in [0.25, 0.3) is 20.2 Å². The highest BCUT2D eigenvalue weighted by atomic mass is 35.5. The SMILES string of the molecule is Cl.Cl.O=C(N[C@@H]1C[C@H]2CC[C@@H]1N2)c1cc2sc3ccccc3c2cn1. The summed E-state index contributed by atoms with van der Waals surface area (Å²) in [6, 6.07) is 11.5. The van der Waals surface area contributed by atoms with Gasteiger partial charge in [0.05, 0.1) is 0 Å². The molecule has 1 aromatic carbocycles. The van der Waals surface area contributed by atoms with E-state index in [0.29, 0.717) is 17.8 Å². The third kappa shape index (κ3) is 3.10. The number of thiophene rings is 1. The third-order valence-electron chi connectivity index (χ3n) is 5.11. The van der Waals surface area contributed by atoms with Crippen LogP contribution in [0.1, 0.15) is 29.8 Å². The first-order valence-corrected chi connectivity index (χ1v) is 8.94. The third-order valence-corrected chi connectivity index (χ3v) is 6.25. The Hall–Kier alpha value is -1.40. The van der Waals surface area contributed by atoms with Crippen LogP contribution in [0.3, 0.4) is 0 Å². The van der Waals surface area contributed by atoms with Crippen LogP contribution in [0.2, 0.25) is 0 Å². The van der Waals surface area contributed by atoms with E-state index in [-0.39, 0.29) is 36.8 Å². The van der Waals surface area contributed by atoms with E-state index in [1.165, 1.54) is 22.9 Å². The number of aromatic nitrogens is 1. The Balaban J connectivity index is 0.000000911. The lowest BCUT2D eigenvalue weighted by molar-refractivity contribution is 0.0926. The number of nitrogens with zero attached hydrogens (tertiary/aromatic N) is 1. The van der Waals surface area contributed by atoms with Crippen molar-refractivity contribution in [2.75, 3.05) is 0 Å². The summed E-state index contributed by atoms with van der Waals surface area (Å²) in [5.74, 6) is -0.0521. The molecule has 0 spiro atoms. The fourth-order valence-electron chi connectivity index (χ4n) is 3.97. The van der Waals surface area contributed by atoms with Crippen molar-refractivity contribution in [1.29, 1.82) is 0 Å². The van der Waals surface area contributed by atoms with Crippen LogP contribution in [0.15, 0.2) is 36.5 Å². The van der Waals surface area contributed by atoms with Crippen molar-refractivity contribution in [1.82, 2.24) is 15.6 Å². The Labute approximate surface area is 162 Å². The first-order valence-electron chi connectivity index (χ1n) is 8.12. The molecule has 2 aliphatic rings. The van der Waals surface area contributed by atoms with Gasteiger partial charge < -0.3 is 10.6 Å². The molecule has 4 heterocycles. The zero-order valence-corrected chi connectivity index (χ0v) is 15.8. The Morgan fingerprint density at radius 2 is 2.00 bits per heavy atom. The molecule has 0 saturated carbocycles. The Morgan fingerprint density at radius 3 is 2.76 bits per heavy atom. The smallest absolute Gasteiger partial charge is 0.270 e. The van der Waals surface area contributed by atoms with E-state index in [1.54, 1.807) is 11.3 Å². The van der Waals surface area contributed by atoms with Crippen molar-refractivity contribution in [3.8, 4) is 0 Å². The van der Waals surface area contributed by atoms with Gasteiger partial charge in [0.1, 0.15) is 5.69 Å². The van der Waals surface area contributed by atoms with E-state index in [4.69, 9.17) is 0 Å². The molecule has 2 saturated heterocycles. The second-order valence-corrected chi connectivity index (χ2v) is 7.61. The number of fused-ring (bicyclic) bond motifs is 5. The monoisotopic (exact) mass is 395 g/mol. The number of carbonyl (C=O) groups excluding carboxylic acids is 1. The van der Waals surface area contributed by atoms with Gasteiger partial charge in [0, 0.05) is 44.5 Å². The van der Waals surface area contributed by atoms with E-state index in [0.717, 1.165) is 16.5 Å². The van der Waals surface area contributed by atoms with Gasteiger partial charge in [0.15, 0.2) is 0 Å². The Kier molecular flexibility index (Phi) is 5.21. The van der Waals surface area contributed by atoms with Gasteiger partial charge in [-0.3, -0.25) is 9.78 Å². The molecule has 0 aliphatic carbocycles. The van der Waals surface area contributed by atoms with E-state index in [1.807, 2.05) is 24.4 Å². The minimum Gasteiger partial charge on any atom is -0.346 e. The van der Waals surface area contributed by atoms with Crippen molar-refractivity contribution in [3.63, 3.8) is 0 Å². The average molecular weight is 396 g/mol. The summed E-state index contributed by atoms with van der Waals surface area (Å²) in [5, 5.41) is 9.06. The summed E-state index contributed by atoms with van der Waals surface area (Å²) < 4.78 is 2.36. The largest absolute Gasteiger partial charge is 0.346 e. The van der Waals surface area contributed by atoms with Gasteiger partial charge in [-0.05, 0) is 31.4 Å². The number of amides is 1. The molecule has 0 unspecified atom stereocenters. The standard InChI is InChI=1S/C18H17N3OS.2ClH/c22-18(21-14-7-10-5-6-13(14)20-10)15-8-17-12(9-19-15)11-3-1-2-4-16(11)23-17;;/h1-4,8-10,13-14,20H,5-7H2,(H,21,22);2*1H/t10-,13+,14-;;/m1../s1. The fourth-order valence-corrected chi connectivity index (χ4v) is 5.09. The maximum atomic E-state index is 12.5. The fraction of sp³-hybridized carbons (Fsp3) is 0.333. The highest BCUT2D eigenvalue weighted by molar-refractivity contribution is 7.25. The van der Waals surface area contributed by atoms with Crippen molar-refractivity contribution in [2.45, 2.75) is 37.4 Å². The quantitative estimate of drug-likeness (QED) is 0.691. The van der Waals surface area contributed by atoms with Crippen LogP contribution in [-0.2, 0) is 0 Å². The highest BCUT2D eigenvalue weighted by Gasteiger charge is 2.39. The van der Waals surface area contributed by atoms with Crippen LogP contribution in [0.5, 0.6) is 0 Å². The number of hydrogen-bond donors (Lipinski definition) is 2. The van der Waals surface area contributed by atoms with Crippen molar-refractivity contribution >= 4 is 62.2 Å². The molecule has 2 aromatic heterocycles. The maximum absolute atomic E-state index is 12.5. The molecule has 2 bridgehead atoms. The topological polar surface area (TPSA) is 54.0 Å². The second kappa shape index (κ2) is 7.08. The van der Waals surface area contributed by atoms with Crippen molar-refractivity contribution < 1.29 is 4.79 Å². The number of hydrogen-bond acceptors (Lipinski definition) is 4. The molecular formula is C18H19Cl2N3OS. The van der Waals surface area contributed by atoms with Gasteiger partial charge >= 0.3 is 0 Å². The lowest BCUT2D eigenvalue weighted by Gasteiger charge is -2.21. The number of rotatable bonds is 2. The van der Waals surface area contributed by atoms with Crippen LogP contribution in [0.4, 0.5) is 0 Å². The number of carbonyl (C=O) groups is 1. The normalized spacial score (nSPS) is 24.1. The second-order valence-electron chi connectivity index (χ2n) is 6.53. The Bertz CT molecular complexity index is 929. The van der Waals surface area contributed by atoms with E-state index >= 15 is 0 Å². The maximum Gasteiger partial charge on any atom is 0.270 e. The lowest BCUT2D eigenvalue weighted by atomic mass is 9.95. The number of nitrogens with one attached hydrogen (secondary N) is 2. The highest BCUT2D eigenvalue weighted by Crippen LogP contribution is 2.33. The first-order chi connectivity index (χ1) is 11.3. The van der Waals surface area contributed by atoms with E-state index < -0.39 is 0 Å². The molecule has 3 aromatic rings. The minimum absolute atomic E-state index is 0. The molecule has 3 atom stereocenters. The van der Waals surface area contributed by atoms with Crippen LogP contribution >= 0.6 is 36.2 Å². The van der Waals surface area contributed by atoms with Gasteiger partial charge in [0.2, 0.25) is 0 Å². The first kappa shape index (κ1) is 18.4. The summed E-state index contributed by atoms with van der Waals surface area (Å²) in [6.07, 6.45) is 5.28. The van der Waals surface area contributed by atoms with Crippen molar-refractivity contribution in [2.24, 2.45) is 0 Å². The molecule has 4 nitrogen and oxygen atoms in total. The van der Waals surface area contributed by atoms with Crippen LogP contribution in [-0.4, -0.2) is 29.0 Å². The lowest BCUT2D eigenvalue weighted by Crippen LogP contribution is -2.43. The average Bonchev–Trinajstić information content (AvgIpc) is 3.27. The molecule has 2 N–H and O–H groups in total. The summed E-state index contributed by atoms with van der Waals surface area (Å²) in [6.45, 7) is 0. The van der Waals surface area contributed by atoms with Gasteiger partial charge in [-0.25, -0.2) is 0 Å². The molecule has 132 valence electrons. The Morgan fingerprint density at radius 1 is 1.16 bits per heavy atom. The van der Waals surface area contributed by atoms with E-state index in [2.05, 4.69) is 27.8 Å². The molecule has 0 radical (unpaired) electrons. The molecule has 5 rings (SSSR count). The molecule has 25 heavy (non-hydrogen) atoms. The minimum atomic E-state index is -0.0521. The zero-order valence-electron chi connectivity index (χ0n) is 13.4. The molecule has 2 aliphatic heterocycles. The number of pyridine rings is 1. The van der Waals surface area contributed by atoms with Crippen molar-refractivity contribution in [3.05, 3.63) is 42.2 Å². The number of halogens is 2. The van der Waals surface area contributed by atoms with Gasteiger partial charge in [-0.1, -0.05) is 18.2 Å². The molecule has 2 fully saturated rings. The van der Waals surface area contributed by atoms with Gasteiger partial charge in [0.25, 0.3) is 5.91 Å². The number of benzene rings is 1. The van der Waals surface area contributed by atoms with Crippen LogP contribution < -0.4 is 10.6 Å². The molecule has 1 amide bonds. The zero-order chi connectivity index (χ0) is 15.4.